The van der Waals surface area contributed by atoms with Gasteiger partial charge in [-0.3, -0.25) is 4.79 Å². The van der Waals surface area contributed by atoms with Crippen molar-refractivity contribution in [2.24, 2.45) is 0 Å². The van der Waals surface area contributed by atoms with Crippen LogP contribution in [0.3, 0.4) is 0 Å². The normalized spacial score (nSPS) is 16.7. The number of rotatable bonds is 3. The van der Waals surface area contributed by atoms with Crippen LogP contribution in [0.4, 0.5) is 13.2 Å². The third-order valence-electron chi connectivity index (χ3n) is 3.97. The van der Waals surface area contributed by atoms with E-state index in [-0.39, 0.29) is 18.4 Å². The van der Waals surface area contributed by atoms with Crippen LogP contribution >= 0.6 is 15.9 Å². The van der Waals surface area contributed by atoms with E-state index in [2.05, 4.69) is 21.2 Å². The van der Waals surface area contributed by atoms with E-state index in [1.165, 1.54) is 12.1 Å². The van der Waals surface area contributed by atoms with Crippen LogP contribution in [0.1, 0.15) is 29.2 Å². The number of hydrogen-bond acceptors (Lipinski definition) is 2. The molecule has 1 heterocycles. The monoisotopic (exact) mass is 413 g/mol. The fraction of sp³-hybridized carbons (Fsp3) is 0.278. The molecule has 0 radical (unpaired) electrons. The first-order chi connectivity index (χ1) is 11.8. The van der Waals surface area contributed by atoms with Crippen LogP contribution in [0.15, 0.2) is 46.9 Å². The molecule has 2 aromatic rings. The van der Waals surface area contributed by atoms with Gasteiger partial charge in [0.2, 0.25) is 5.91 Å². The number of halogens is 4. The Kier molecular flexibility index (Phi) is 5.03. The molecule has 25 heavy (non-hydrogen) atoms. The van der Waals surface area contributed by atoms with Crippen molar-refractivity contribution in [2.45, 2.75) is 25.1 Å². The van der Waals surface area contributed by atoms with Crippen LogP contribution in [-0.2, 0) is 17.4 Å². The predicted octanol–water partition coefficient (Wildman–Crippen LogP) is 4.65. The number of carbonyl (C=O) groups excluding carboxylic acids is 1. The summed E-state index contributed by atoms with van der Waals surface area (Å²) in [5.41, 5.74) is 0.435. The highest BCUT2D eigenvalue weighted by molar-refractivity contribution is 9.10. The maximum Gasteiger partial charge on any atom is 0.416 e. The van der Waals surface area contributed by atoms with Gasteiger partial charge in [-0.15, -0.1) is 0 Å². The zero-order valence-electron chi connectivity index (χ0n) is 13.1. The summed E-state index contributed by atoms with van der Waals surface area (Å²) in [6, 6.07) is 10.2. The lowest BCUT2D eigenvalue weighted by Gasteiger charge is -2.27. The van der Waals surface area contributed by atoms with E-state index in [1.54, 1.807) is 0 Å². The quantitative estimate of drug-likeness (QED) is 0.794. The van der Waals surface area contributed by atoms with Crippen molar-refractivity contribution in [3.05, 3.63) is 63.6 Å². The molecule has 0 spiro atoms. The van der Waals surface area contributed by atoms with Gasteiger partial charge in [0.15, 0.2) is 0 Å². The van der Waals surface area contributed by atoms with Gasteiger partial charge in [0.1, 0.15) is 5.75 Å². The molecule has 1 aliphatic heterocycles. The molecule has 1 amide bonds. The van der Waals surface area contributed by atoms with E-state index in [0.29, 0.717) is 24.3 Å². The summed E-state index contributed by atoms with van der Waals surface area (Å²) in [6.45, 7) is 0.475. The molecule has 132 valence electrons. The first-order valence-electron chi connectivity index (χ1n) is 7.70. The molecular formula is C18H15BrF3NO2. The minimum Gasteiger partial charge on any atom is -0.493 e. The topological polar surface area (TPSA) is 38.3 Å². The Bertz CT molecular complexity index is 792. The van der Waals surface area contributed by atoms with E-state index >= 15 is 0 Å². The maximum atomic E-state index is 12.8. The van der Waals surface area contributed by atoms with Crippen LogP contribution in [0, 0.1) is 0 Å². The van der Waals surface area contributed by atoms with Crippen molar-refractivity contribution >= 4 is 21.8 Å². The van der Waals surface area contributed by atoms with Gasteiger partial charge in [-0.2, -0.15) is 13.2 Å². The summed E-state index contributed by atoms with van der Waals surface area (Å²) in [7, 11) is 0. The maximum absolute atomic E-state index is 12.8. The molecular weight excluding hydrogens is 399 g/mol. The predicted molar refractivity (Wildman–Crippen MR) is 90.3 cm³/mol. The molecule has 0 aromatic heterocycles. The summed E-state index contributed by atoms with van der Waals surface area (Å²) >= 11 is 3.39. The van der Waals surface area contributed by atoms with Gasteiger partial charge in [0.25, 0.3) is 0 Å². The van der Waals surface area contributed by atoms with Crippen molar-refractivity contribution in [2.75, 3.05) is 6.61 Å². The van der Waals surface area contributed by atoms with Crippen molar-refractivity contribution in [3.8, 4) is 5.75 Å². The highest BCUT2D eigenvalue weighted by Gasteiger charge is 2.30. The Morgan fingerprint density at radius 2 is 2.04 bits per heavy atom. The lowest BCUT2D eigenvalue weighted by molar-refractivity contribution is -0.137. The molecule has 0 aliphatic carbocycles. The van der Waals surface area contributed by atoms with Crippen LogP contribution < -0.4 is 10.1 Å². The molecule has 1 atom stereocenters. The molecule has 0 fully saturated rings. The summed E-state index contributed by atoms with van der Waals surface area (Å²) in [4.78, 5) is 12.3. The second-order valence-electron chi connectivity index (χ2n) is 5.81. The number of nitrogens with one attached hydrogen (secondary N) is 1. The van der Waals surface area contributed by atoms with Crippen LogP contribution in [-0.4, -0.2) is 12.5 Å². The molecule has 0 saturated carbocycles. The van der Waals surface area contributed by atoms with Gasteiger partial charge < -0.3 is 10.1 Å². The highest BCUT2D eigenvalue weighted by atomic mass is 79.9. The lowest BCUT2D eigenvalue weighted by Crippen LogP contribution is -2.33. The van der Waals surface area contributed by atoms with Gasteiger partial charge in [-0.1, -0.05) is 34.1 Å². The van der Waals surface area contributed by atoms with Gasteiger partial charge >= 0.3 is 6.18 Å². The summed E-state index contributed by atoms with van der Waals surface area (Å²) < 4.78 is 44.7. The van der Waals surface area contributed by atoms with E-state index < -0.39 is 11.7 Å². The average molecular weight is 414 g/mol. The van der Waals surface area contributed by atoms with Gasteiger partial charge in [0.05, 0.1) is 24.6 Å². The minimum atomic E-state index is -4.42. The van der Waals surface area contributed by atoms with Crippen LogP contribution in [0.2, 0.25) is 0 Å². The first kappa shape index (κ1) is 17.8. The molecule has 3 rings (SSSR count). The molecule has 0 bridgehead atoms. The highest BCUT2D eigenvalue weighted by Crippen LogP contribution is 2.34. The van der Waals surface area contributed by atoms with Crippen molar-refractivity contribution < 1.29 is 22.7 Å². The summed E-state index contributed by atoms with van der Waals surface area (Å²) in [5.74, 6) is 0.385. The van der Waals surface area contributed by atoms with Crippen molar-refractivity contribution in [1.29, 1.82) is 0 Å². The molecule has 2 aromatic carbocycles. The van der Waals surface area contributed by atoms with E-state index in [9.17, 15) is 18.0 Å². The van der Waals surface area contributed by atoms with E-state index in [4.69, 9.17) is 4.74 Å². The summed E-state index contributed by atoms with van der Waals surface area (Å²) in [5, 5.41) is 2.89. The van der Waals surface area contributed by atoms with Gasteiger partial charge in [-0.25, -0.2) is 0 Å². The second-order valence-corrected chi connectivity index (χ2v) is 6.73. The summed E-state index contributed by atoms with van der Waals surface area (Å²) in [6.07, 6.45) is -3.92. The number of benzene rings is 2. The smallest absolute Gasteiger partial charge is 0.416 e. The molecule has 1 N–H and O–H groups in total. The third-order valence-corrected chi connectivity index (χ3v) is 4.46. The third kappa shape index (κ3) is 4.34. The Morgan fingerprint density at radius 3 is 2.80 bits per heavy atom. The zero-order chi connectivity index (χ0) is 18.0. The fourth-order valence-corrected chi connectivity index (χ4v) is 3.18. The number of carbonyl (C=O) groups is 1. The van der Waals surface area contributed by atoms with E-state index in [0.717, 1.165) is 22.2 Å². The van der Waals surface area contributed by atoms with Crippen molar-refractivity contribution in [3.63, 3.8) is 0 Å². The SMILES string of the molecule is O=C(Cc1cccc(C(F)(F)F)c1)NC1CCOc2ccc(Br)cc21. The number of alkyl halides is 3. The standard InChI is InChI=1S/C18H15BrF3NO2/c19-13-4-5-16-14(10-13)15(6-7-25-16)23-17(24)9-11-2-1-3-12(8-11)18(20,21)22/h1-5,8,10,15H,6-7,9H2,(H,23,24). The Labute approximate surface area is 151 Å². The molecule has 3 nitrogen and oxygen atoms in total. The zero-order valence-corrected chi connectivity index (χ0v) is 14.7. The number of fused-ring (bicyclic) bond motifs is 1. The Hall–Kier alpha value is -2.02. The van der Waals surface area contributed by atoms with Crippen LogP contribution in [0.5, 0.6) is 5.75 Å². The first-order valence-corrected chi connectivity index (χ1v) is 8.50. The Morgan fingerprint density at radius 1 is 1.24 bits per heavy atom. The van der Waals surface area contributed by atoms with Crippen molar-refractivity contribution in [1.82, 2.24) is 5.32 Å². The van der Waals surface area contributed by atoms with Crippen LogP contribution in [0.25, 0.3) is 0 Å². The van der Waals surface area contributed by atoms with Gasteiger partial charge in [-0.05, 0) is 29.8 Å². The molecule has 1 unspecified atom stereocenters. The molecule has 7 heteroatoms. The minimum absolute atomic E-state index is 0.107. The number of amides is 1. The van der Waals surface area contributed by atoms with E-state index in [1.807, 2.05) is 18.2 Å². The lowest BCUT2D eigenvalue weighted by atomic mass is 10.00. The molecule has 1 aliphatic rings. The number of ether oxygens (including phenoxy) is 1. The number of hydrogen-bond donors (Lipinski definition) is 1. The average Bonchev–Trinajstić information content (AvgIpc) is 2.55. The second kappa shape index (κ2) is 7.07. The largest absolute Gasteiger partial charge is 0.493 e. The fourth-order valence-electron chi connectivity index (χ4n) is 2.80. The molecule has 0 saturated heterocycles. The Balaban J connectivity index is 1.71. The van der Waals surface area contributed by atoms with Gasteiger partial charge in [0, 0.05) is 16.5 Å².